The molecule has 1 rings (SSSR count). The minimum absolute atomic E-state index is 0.287. The Kier molecular flexibility index (Phi) is 3.16. The van der Waals surface area contributed by atoms with Crippen molar-refractivity contribution in [1.29, 1.82) is 0 Å². The summed E-state index contributed by atoms with van der Waals surface area (Å²) < 4.78 is 1.23. The van der Waals surface area contributed by atoms with E-state index in [2.05, 4.69) is 22.0 Å². The van der Waals surface area contributed by atoms with Crippen molar-refractivity contribution in [2.24, 2.45) is 5.92 Å². The number of hydrogen-bond donors (Lipinski definition) is 1. The average Bonchev–Trinajstić information content (AvgIpc) is 1.88. The summed E-state index contributed by atoms with van der Waals surface area (Å²) in [7, 11) is 0. The third-order valence-corrected chi connectivity index (χ3v) is 2.21. The minimum atomic E-state index is 0.287. The largest absolute Gasteiger partial charge is 0.396 e. The number of aliphatic hydroxyl groups excluding tert-OH is 1. The summed E-state index contributed by atoms with van der Waals surface area (Å²) in [5.41, 5.74) is 0. The van der Waals surface area contributed by atoms with Crippen molar-refractivity contribution in [3.63, 3.8) is 0 Å². The topological polar surface area (TPSA) is 20.2 Å². The Morgan fingerprint density at radius 3 is 3.10 bits per heavy atom. The van der Waals surface area contributed by atoms with Crippen molar-refractivity contribution >= 4 is 15.9 Å². The zero-order valence-electron chi connectivity index (χ0n) is 5.76. The van der Waals surface area contributed by atoms with Crippen molar-refractivity contribution in [2.45, 2.75) is 12.8 Å². The van der Waals surface area contributed by atoms with Crippen LogP contribution in [-0.4, -0.2) is 11.7 Å². The monoisotopic (exact) mass is 202 g/mol. The molecule has 2 heteroatoms. The highest BCUT2D eigenvalue weighted by atomic mass is 79.9. The number of hydrogen-bond acceptors (Lipinski definition) is 1. The molecule has 1 aliphatic rings. The molecule has 0 radical (unpaired) electrons. The Hall–Kier alpha value is -0.0800. The number of aliphatic hydroxyl groups is 1. The van der Waals surface area contributed by atoms with Crippen LogP contribution in [0.3, 0.4) is 0 Å². The number of halogens is 1. The van der Waals surface area contributed by atoms with Gasteiger partial charge in [-0.25, -0.2) is 0 Å². The van der Waals surface area contributed by atoms with E-state index >= 15 is 0 Å². The van der Waals surface area contributed by atoms with Crippen LogP contribution in [0.25, 0.3) is 0 Å². The SMILES string of the molecule is OCCC1C=CC=C(Br)C1. The molecule has 0 aromatic rings. The second-order valence-corrected chi connectivity index (χ2v) is 3.49. The van der Waals surface area contributed by atoms with E-state index in [0.717, 1.165) is 12.8 Å². The van der Waals surface area contributed by atoms with Crippen LogP contribution in [-0.2, 0) is 0 Å². The molecule has 1 nitrogen and oxygen atoms in total. The van der Waals surface area contributed by atoms with Gasteiger partial charge in [-0.3, -0.25) is 0 Å². The zero-order valence-corrected chi connectivity index (χ0v) is 7.34. The maximum absolute atomic E-state index is 8.64. The summed E-state index contributed by atoms with van der Waals surface area (Å²) >= 11 is 3.43. The molecule has 1 aliphatic carbocycles. The van der Waals surface area contributed by atoms with E-state index in [-0.39, 0.29) is 6.61 Å². The molecule has 0 heterocycles. The molecule has 56 valence electrons. The standard InChI is InChI=1S/C8H11BrO/c9-8-3-1-2-7(6-8)4-5-10/h1-3,7,10H,4-6H2. The molecule has 0 aromatic carbocycles. The van der Waals surface area contributed by atoms with Crippen molar-refractivity contribution < 1.29 is 5.11 Å². The lowest BCUT2D eigenvalue weighted by Gasteiger charge is -2.12. The molecule has 1 N–H and O–H groups in total. The minimum Gasteiger partial charge on any atom is -0.396 e. The van der Waals surface area contributed by atoms with Crippen LogP contribution in [0.4, 0.5) is 0 Å². The van der Waals surface area contributed by atoms with Crippen LogP contribution in [0.1, 0.15) is 12.8 Å². The molecule has 0 amide bonds. The van der Waals surface area contributed by atoms with Gasteiger partial charge in [0.2, 0.25) is 0 Å². The average molecular weight is 203 g/mol. The Labute approximate surface area is 69.6 Å². The Bertz CT molecular complexity index is 161. The highest BCUT2D eigenvalue weighted by Crippen LogP contribution is 2.24. The lowest BCUT2D eigenvalue weighted by Crippen LogP contribution is -2.01. The van der Waals surface area contributed by atoms with Gasteiger partial charge in [0.25, 0.3) is 0 Å². The van der Waals surface area contributed by atoms with Gasteiger partial charge < -0.3 is 5.11 Å². The fraction of sp³-hybridized carbons (Fsp3) is 0.500. The molecule has 0 saturated carbocycles. The van der Waals surface area contributed by atoms with E-state index < -0.39 is 0 Å². The first kappa shape index (κ1) is 8.02. The molecule has 0 bridgehead atoms. The quantitative estimate of drug-likeness (QED) is 0.729. The van der Waals surface area contributed by atoms with Gasteiger partial charge in [0, 0.05) is 6.61 Å². The van der Waals surface area contributed by atoms with Crippen molar-refractivity contribution in [1.82, 2.24) is 0 Å². The second-order valence-electron chi connectivity index (χ2n) is 2.47. The Morgan fingerprint density at radius 1 is 1.70 bits per heavy atom. The third kappa shape index (κ3) is 2.27. The fourth-order valence-corrected chi connectivity index (χ4v) is 1.64. The first-order valence-electron chi connectivity index (χ1n) is 3.46. The van der Waals surface area contributed by atoms with Gasteiger partial charge in [-0.05, 0) is 23.2 Å². The summed E-state index contributed by atoms with van der Waals surface area (Å²) in [6, 6.07) is 0. The molecule has 0 saturated heterocycles. The highest BCUT2D eigenvalue weighted by Gasteiger charge is 2.07. The van der Waals surface area contributed by atoms with Crippen LogP contribution < -0.4 is 0 Å². The third-order valence-electron chi connectivity index (χ3n) is 1.62. The van der Waals surface area contributed by atoms with Gasteiger partial charge in [0.05, 0.1) is 0 Å². The zero-order chi connectivity index (χ0) is 7.40. The maximum Gasteiger partial charge on any atom is 0.0436 e. The van der Waals surface area contributed by atoms with Gasteiger partial charge in [0.1, 0.15) is 0 Å². The fourth-order valence-electron chi connectivity index (χ4n) is 1.07. The normalized spacial score (nSPS) is 24.6. The molecule has 10 heavy (non-hydrogen) atoms. The Balaban J connectivity index is 2.39. The maximum atomic E-state index is 8.64. The summed E-state index contributed by atoms with van der Waals surface area (Å²) in [4.78, 5) is 0. The van der Waals surface area contributed by atoms with Crippen molar-refractivity contribution in [3.05, 3.63) is 22.7 Å². The molecule has 0 aromatic heterocycles. The van der Waals surface area contributed by atoms with Crippen LogP contribution in [0, 0.1) is 5.92 Å². The lowest BCUT2D eigenvalue weighted by atomic mass is 9.98. The molecule has 1 atom stereocenters. The van der Waals surface area contributed by atoms with Gasteiger partial charge in [0.15, 0.2) is 0 Å². The van der Waals surface area contributed by atoms with Crippen LogP contribution in [0.2, 0.25) is 0 Å². The van der Waals surface area contributed by atoms with Gasteiger partial charge in [-0.1, -0.05) is 34.2 Å². The number of allylic oxidation sites excluding steroid dienone is 4. The van der Waals surface area contributed by atoms with E-state index in [0.29, 0.717) is 5.92 Å². The van der Waals surface area contributed by atoms with Crippen LogP contribution in [0.5, 0.6) is 0 Å². The van der Waals surface area contributed by atoms with E-state index in [1.165, 1.54) is 4.48 Å². The molecule has 0 fully saturated rings. The summed E-state index contributed by atoms with van der Waals surface area (Å²) in [6.07, 6.45) is 8.14. The first-order chi connectivity index (χ1) is 4.83. The molecular weight excluding hydrogens is 192 g/mol. The number of rotatable bonds is 2. The molecule has 0 aliphatic heterocycles. The van der Waals surface area contributed by atoms with E-state index in [1.54, 1.807) is 0 Å². The van der Waals surface area contributed by atoms with Crippen LogP contribution >= 0.6 is 15.9 Å². The predicted molar refractivity (Wildman–Crippen MR) is 46.0 cm³/mol. The second kappa shape index (κ2) is 3.94. The van der Waals surface area contributed by atoms with Crippen molar-refractivity contribution in [2.75, 3.05) is 6.61 Å². The van der Waals surface area contributed by atoms with E-state index in [9.17, 15) is 0 Å². The van der Waals surface area contributed by atoms with Gasteiger partial charge in [-0.15, -0.1) is 0 Å². The molecular formula is C8H11BrO. The van der Waals surface area contributed by atoms with E-state index in [4.69, 9.17) is 5.11 Å². The van der Waals surface area contributed by atoms with E-state index in [1.807, 2.05) is 12.2 Å². The first-order valence-corrected chi connectivity index (χ1v) is 4.26. The summed E-state index contributed by atoms with van der Waals surface area (Å²) in [5.74, 6) is 0.532. The summed E-state index contributed by atoms with van der Waals surface area (Å²) in [5, 5.41) is 8.64. The smallest absolute Gasteiger partial charge is 0.0436 e. The molecule has 0 spiro atoms. The van der Waals surface area contributed by atoms with Gasteiger partial charge >= 0.3 is 0 Å². The van der Waals surface area contributed by atoms with Crippen LogP contribution in [0.15, 0.2) is 22.7 Å². The highest BCUT2D eigenvalue weighted by molar-refractivity contribution is 9.11. The Morgan fingerprint density at radius 2 is 2.50 bits per heavy atom. The van der Waals surface area contributed by atoms with Gasteiger partial charge in [-0.2, -0.15) is 0 Å². The summed E-state index contributed by atoms with van der Waals surface area (Å²) in [6.45, 7) is 0.287. The lowest BCUT2D eigenvalue weighted by molar-refractivity contribution is 0.270. The van der Waals surface area contributed by atoms with Crippen molar-refractivity contribution in [3.8, 4) is 0 Å². The predicted octanol–water partition coefficient (Wildman–Crippen LogP) is 2.22. The molecule has 1 unspecified atom stereocenters.